The molecule has 35 heavy (non-hydrogen) atoms. The highest BCUT2D eigenvalue weighted by molar-refractivity contribution is 7.89. The number of fused-ring (bicyclic) bond motifs is 2. The van der Waals surface area contributed by atoms with Gasteiger partial charge >= 0.3 is 0 Å². The van der Waals surface area contributed by atoms with Crippen molar-refractivity contribution < 1.29 is 8.42 Å². The summed E-state index contributed by atoms with van der Waals surface area (Å²) < 4.78 is 30.6. The lowest BCUT2D eigenvalue weighted by atomic mass is 9.63. The van der Waals surface area contributed by atoms with E-state index in [1.807, 2.05) is 43.3 Å². The monoisotopic (exact) mass is 485 g/mol. The number of hydrogen-bond donors (Lipinski definition) is 0. The van der Waals surface area contributed by atoms with Crippen LogP contribution in [0.2, 0.25) is 0 Å². The maximum absolute atomic E-state index is 14.4. The summed E-state index contributed by atoms with van der Waals surface area (Å²) >= 11 is 0. The van der Waals surface area contributed by atoms with Gasteiger partial charge in [0.05, 0.1) is 4.90 Å². The Balaban J connectivity index is 1.70. The minimum absolute atomic E-state index is 0.0657. The van der Waals surface area contributed by atoms with E-state index >= 15 is 0 Å². The van der Waals surface area contributed by atoms with Crippen molar-refractivity contribution in [3.63, 3.8) is 0 Å². The predicted octanol–water partition coefficient (Wildman–Crippen LogP) is 6.73. The van der Waals surface area contributed by atoms with E-state index in [-0.39, 0.29) is 29.7 Å². The van der Waals surface area contributed by atoms with E-state index in [0.717, 1.165) is 22.3 Å². The first-order valence-electron chi connectivity index (χ1n) is 12.6. The number of sulfonamides is 1. The Morgan fingerprint density at radius 1 is 0.914 bits per heavy atom. The average Bonchev–Trinajstić information content (AvgIpc) is 3.21. The molecule has 0 N–H and O–H groups in total. The van der Waals surface area contributed by atoms with Crippen LogP contribution < -0.4 is 0 Å². The molecule has 4 heteroatoms. The van der Waals surface area contributed by atoms with Crippen LogP contribution >= 0.6 is 0 Å². The van der Waals surface area contributed by atoms with Crippen LogP contribution in [0.5, 0.6) is 0 Å². The second-order valence-electron chi connectivity index (χ2n) is 10.7. The number of nitrogens with zero attached hydrogens (tertiary/aromatic N) is 1. The third-order valence-corrected chi connectivity index (χ3v) is 10.2. The van der Waals surface area contributed by atoms with Crippen molar-refractivity contribution in [2.45, 2.75) is 51.5 Å². The van der Waals surface area contributed by atoms with Crippen molar-refractivity contribution in [2.75, 3.05) is 6.54 Å². The van der Waals surface area contributed by atoms with Crippen LogP contribution in [-0.4, -0.2) is 25.3 Å². The quantitative estimate of drug-likeness (QED) is 0.411. The molecule has 1 saturated heterocycles. The minimum Gasteiger partial charge on any atom is -0.207 e. The molecular weight excluding hydrogens is 450 g/mol. The predicted molar refractivity (Wildman–Crippen MR) is 144 cm³/mol. The van der Waals surface area contributed by atoms with Crippen LogP contribution in [0.1, 0.15) is 53.1 Å². The molecule has 0 radical (unpaired) electrons. The molecular formula is C31H35NO2S. The minimum atomic E-state index is -3.69. The zero-order chi connectivity index (χ0) is 25.1. The SMILES string of the molecule is C=C1c2ccccc2[C@H](c2ccccc2)[C@H]2CN(S(=O)(=O)c3c(C)cc(C)cc3C)[C@@H](C(C)C)[C@H]12. The molecule has 1 heterocycles. The third kappa shape index (κ3) is 3.78. The molecule has 3 nitrogen and oxygen atoms in total. The lowest BCUT2D eigenvalue weighted by Gasteiger charge is -2.40. The summed E-state index contributed by atoms with van der Waals surface area (Å²) in [5, 5.41) is 0. The van der Waals surface area contributed by atoms with Crippen LogP contribution in [0.15, 0.2) is 78.2 Å². The van der Waals surface area contributed by atoms with Crippen molar-refractivity contribution >= 4 is 15.6 Å². The van der Waals surface area contributed by atoms with Gasteiger partial charge in [0.25, 0.3) is 0 Å². The van der Waals surface area contributed by atoms with Crippen LogP contribution in [0.25, 0.3) is 5.57 Å². The summed E-state index contributed by atoms with van der Waals surface area (Å²) in [6.45, 7) is 15.2. The summed E-state index contributed by atoms with van der Waals surface area (Å²) in [5.41, 5.74) is 7.48. The molecule has 0 saturated carbocycles. The Morgan fingerprint density at radius 3 is 2.14 bits per heavy atom. The van der Waals surface area contributed by atoms with Crippen LogP contribution in [0.3, 0.4) is 0 Å². The van der Waals surface area contributed by atoms with Gasteiger partial charge in [-0.3, -0.25) is 0 Å². The Bertz CT molecular complexity index is 1370. The Morgan fingerprint density at radius 2 is 1.51 bits per heavy atom. The fourth-order valence-corrected chi connectivity index (χ4v) is 9.14. The molecule has 0 aromatic heterocycles. The maximum atomic E-state index is 14.4. The molecule has 0 amide bonds. The van der Waals surface area contributed by atoms with Gasteiger partial charge in [0.2, 0.25) is 10.0 Å². The summed E-state index contributed by atoms with van der Waals surface area (Å²) in [5.74, 6) is 0.484. The van der Waals surface area contributed by atoms with Crippen molar-refractivity contribution in [2.24, 2.45) is 17.8 Å². The van der Waals surface area contributed by atoms with E-state index in [1.165, 1.54) is 16.7 Å². The largest absolute Gasteiger partial charge is 0.243 e. The van der Waals surface area contributed by atoms with Gasteiger partial charge in [0.1, 0.15) is 0 Å². The van der Waals surface area contributed by atoms with Crippen LogP contribution in [0, 0.1) is 38.5 Å². The third-order valence-electron chi connectivity index (χ3n) is 8.04. The Kier molecular flexibility index (Phi) is 6.01. The summed E-state index contributed by atoms with van der Waals surface area (Å²) in [7, 11) is -3.69. The second-order valence-corrected chi connectivity index (χ2v) is 12.6. The molecule has 182 valence electrons. The van der Waals surface area contributed by atoms with Crippen molar-refractivity contribution in [3.05, 3.63) is 107 Å². The van der Waals surface area contributed by atoms with Gasteiger partial charge in [0.15, 0.2) is 0 Å². The van der Waals surface area contributed by atoms with E-state index in [9.17, 15) is 8.42 Å². The molecule has 1 fully saturated rings. The van der Waals surface area contributed by atoms with Crippen molar-refractivity contribution in [3.8, 4) is 0 Å². The first-order valence-corrected chi connectivity index (χ1v) is 14.0. The molecule has 5 rings (SSSR count). The molecule has 3 aromatic rings. The number of benzene rings is 3. The fraction of sp³-hybridized carbons (Fsp3) is 0.355. The average molecular weight is 486 g/mol. The normalized spacial score (nSPS) is 24.5. The molecule has 0 bridgehead atoms. The van der Waals surface area contributed by atoms with E-state index in [2.05, 4.69) is 69.0 Å². The zero-order valence-electron chi connectivity index (χ0n) is 21.3. The van der Waals surface area contributed by atoms with Gasteiger partial charge in [-0.1, -0.05) is 92.7 Å². The van der Waals surface area contributed by atoms with Crippen molar-refractivity contribution in [1.82, 2.24) is 4.31 Å². The lowest BCUT2D eigenvalue weighted by Crippen LogP contribution is -2.42. The van der Waals surface area contributed by atoms with Gasteiger partial charge in [-0.25, -0.2) is 8.42 Å². The lowest BCUT2D eigenvalue weighted by molar-refractivity contribution is 0.285. The van der Waals surface area contributed by atoms with Gasteiger partial charge in [0, 0.05) is 24.4 Å². The van der Waals surface area contributed by atoms with E-state index in [0.29, 0.717) is 11.4 Å². The summed E-state index contributed by atoms with van der Waals surface area (Å²) in [4.78, 5) is 0.465. The number of aryl methyl sites for hydroxylation is 3. The molecule has 3 aromatic carbocycles. The highest BCUT2D eigenvalue weighted by atomic mass is 32.2. The van der Waals surface area contributed by atoms with Gasteiger partial charge in [-0.05, 0) is 66.0 Å². The first kappa shape index (κ1) is 24.0. The molecule has 2 aliphatic rings. The smallest absolute Gasteiger partial charge is 0.207 e. The molecule has 0 unspecified atom stereocenters. The van der Waals surface area contributed by atoms with Crippen LogP contribution in [0.4, 0.5) is 0 Å². The summed E-state index contributed by atoms with van der Waals surface area (Å²) in [6, 6.07) is 22.9. The fourth-order valence-electron chi connectivity index (χ4n) is 6.91. The van der Waals surface area contributed by atoms with E-state index < -0.39 is 10.0 Å². The molecule has 4 atom stereocenters. The van der Waals surface area contributed by atoms with E-state index in [4.69, 9.17) is 0 Å². The topological polar surface area (TPSA) is 37.4 Å². The standard InChI is InChI=1S/C31H35NO2S/c1-19(2)30-28-23(6)25-14-10-11-15-26(25)29(24-12-8-7-9-13-24)27(28)18-32(30)35(33,34)31-21(4)16-20(3)17-22(31)5/h7-17,19,27-30H,6,18H2,1-5H3/t27-,28+,29-,30-/m0/s1. The Labute approximate surface area is 210 Å². The zero-order valence-corrected chi connectivity index (χ0v) is 22.1. The van der Waals surface area contributed by atoms with Crippen LogP contribution in [-0.2, 0) is 10.0 Å². The molecule has 1 aliphatic heterocycles. The van der Waals surface area contributed by atoms with Gasteiger partial charge in [-0.15, -0.1) is 0 Å². The summed E-state index contributed by atoms with van der Waals surface area (Å²) in [6.07, 6.45) is 0. The number of hydrogen-bond acceptors (Lipinski definition) is 2. The highest BCUT2D eigenvalue weighted by Crippen LogP contribution is 2.55. The first-order chi connectivity index (χ1) is 16.6. The number of rotatable bonds is 4. The van der Waals surface area contributed by atoms with Gasteiger partial charge < -0.3 is 0 Å². The van der Waals surface area contributed by atoms with Crippen molar-refractivity contribution in [1.29, 1.82) is 0 Å². The maximum Gasteiger partial charge on any atom is 0.243 e. The molecule has 0 spiro atoms. The van der Waals surface area contributed by atoms with E-state index in [1.54, 1.807) is 0 Å². The van der Waals surface area contributed by atoms with Gasteiger partial charge in [-0.2, -0.15) is 4.31 Å². The Hall–Kier alpha value is -2.69. The molecule has 1 aliphatic carbocycles. The highest BCUT2D eigenvalue weighted by Gasteiger charge is 2.54. The second kappa shape index (κ2) is 8.76.